The van der Waals surface area contributed by atoms with Gasteiger partial charge in [-0.3, -0.25) is 19.4 Å². The third-order valence-corrected chi connectivity index (χ3v) is 5.21. The van der Waals surface area contributed by atoms with Crippen molar-refractivity contribution in [3.63, 3.8) is 0 Å². The number of aliphatic hydroxyl groups excluding tert-OH is 1. The van der Waals surface area contributed by atoms with E-state index >= 15 is 0 Å². The molecule has 2 atom stereocenters. The van der Waals surface area contributed by atoms with Crippen molar-refractivity contribution in [2.75, 3.05) is 26.2 Å². The molecular formula is C21H24F2N4O3. The minimum Gasteiger partial charge on any atom is -0.390 e. The summed E-state index contributed by atoms with van der Waals surface area (Å²) in [5.41, 5.74) is 12.2. The molecule has 30 heavy (non-hydrogen) atoms. The van der Waals surface area contributed by atoms with E-state index in [4.69, 9.17) is 11.5 Å². The summed E-state index contributed by atoms with van der Waals surface area (Å²) in [6.45, 7) is 0.840. The van der Waals surface area contributed by atoms with E-state index in [0.717, 1.165) is 0 Å². The van der Waals surface area contributed by atoms with E-state index in [-0.39, 0.29) is 13.1 Å². The number of nitrogens with two attached hydrogens (primary N) is 2. The Kier molecular flexibility index (Phi) is 6.76. The molecule has 2 amide bonds. The zero-order valence-corrected chi connectivity index (χ0v) is 16.2. The first-order chi connectivity index (χ1) is 14.3. The quantitative estimate of drug-likeness (QED) is 0.639. The van der Waals surface area contributed by atoms with Crippen LogP contribution in [-0.4, -0.2) is 59.0 Å². The number of amides is 2. The summed E-state index contributed by atoms with van der Waals surface area (Å²) in [7, 11) is 0. The number of β-amino-alcohol motifs (C(OH)–C–C–N with tert-alkyl or cyclic N) is 1. The van der Waals surface area contributed by atoms with Crippen LogP contribution in [-0.2, 0) is 9.59 Å². The van der Waals surface area contributed by atoms with Gasteiger partial charge in [-0.15, -0.1) is 0 Å². The minimum absolute atomic E-state index is 0.121. The van der Waals surface area contributed by atoms with Crippen molar-refractivity contribution in [2.45, 2.75) is 18.2 Å². The number of nitrogens with zero attached hydrogens (tertiary/aromatic N) is 2. The maximum Gasteiger partial charge on any atom is 0.239 e. The van der Waals surface area contributed by atoms with Crippen LogP contribution in [0.1, 0.15) is 23.2 Å². The van der Waals surface area contributed by atoms with E-state index in [1.165, 1.54) is 48.5 Å². The van der Waals surface area contributed by atoms with Crippen LogP contribution >= 0.6 is 0 Å². The van der Waals surface area contributed by atoms with E-state index in [1.54, 1.807) is 9.80 Å². The number of hydrogen-bond acceptors (Lipinski definition) is 5. The van der Waals surface area contributed by atoms with Crippen LogP contribution in [0, 0.1) is 11.6 Å². The maximum atomic E-state index is 13.3. The van der Waals surface area contributed by atoms with Gasteiger partial charge in [0.05, 0.1) is 6.10 Å². The summed E-state index contributed by atoms with van der Waals surface area (Å²) >= 11 is 0. The standard InChI is InChI=1S/C21H24F2N4O3/c22-15-5-1-13(2-6-15)18(20(24)29)26-9-10-27(12-17(28)11-26)19(21(25)30)14-3-7-16(23)8-4-14/h1-8,17-19,28H,9-12H2,(H2,24,29)(H2,25,30). The monoisotopic (exact) mass is 418 g/mol. The SMILES string of the molecule is NC(=O)C(c1ccc(F)cc1)N1CCN(C(C(N)=O)c2ccc(F)cc2)CC(O)C1. The number of hydrogen-bond donors (Lipinski definition) is 3. The molecule has 3 rings (SSSR count). The minimum atomic E-state index is -0.905. The predicted molar refractivity (Wildman–Crippen MR) is 106 cm³/mol. The summed E-state index contributed by atoms with van der Waals surface area (Å²) in [4.78, 5) is 27.7. The number of primary amides is 2. The van der Waals surface area contributed by atoms with E-state index < -0.39 is 41.6 Å². The number of benzene rings is 2. The van der Waals surface area contributed by atoms with Crippen LogP contribution < -0.4 is 11.5 Å². The molecule has 2 aromatic carbocycles. The van der Waals surface area contributed by atoms with Gasteiger partial charge < -0.3 is 16.6 Å². The van der Waals surface area contributed by atoms with Crippen molar-refractivity contribution in [3.8, 4) is 0 Å². The summed E-state index contributed by atoms with van der Waals surface area (Å²) in [5, 5.41) is 10.6. The van der Waals surface area contributed by atoms with E-state index in [0.29, 0.717) is 24.2 Å². The van der Waals surface area contributed by atoms with Crippen LogP contribution in [0.5, 0.6) is 0 Å². The molecule has 7 nitrogen and oxygen atoms in total. The van der Waals surface area contributed by atoms with Crippen LogP contribution in [0.15, 0.2) is 48.5 Å². The first kappa shape index (κ1) is 21.8. The third-order valence-electron chi connectivity index (χ3n) is 5.21. The number of halogens is 2. The van der Waals surface area contributed by atoms with Crippen LogP contribution in [0.3, 0.4) is 0 Å². The van der Waals surface area contributed by atoms with Crippen molar-refractivity contribution >= 4 is 11.8 Å². The fourth-order valence-corrected chi connectivity index (χ4v) is 3.91. The number of rotatable bonds is 6. The second-order valence-corrected chi connectivity index (χ2v) is 7.36. The third kappa shape index (κ3) is 4.99. The molecule has 0 bridgehead atoms. The lowest BCUT2D eigenvalue weighted by Gasteiger charge is -2.30. The fraction of sp³-hybridized carbons (Fsp3) is 0.333. The van der Waals surface area contributed by atoms with Gasteiger partial charge in [-0.05, 0) is 35.4 Å². The molecule has 2 aromatic rings. The van der Waals surface area contributed by atoms with Crippen molar-refractivity contribution in [1.82, 2.24) is 9.80 Å². The highest BCUT2D eigenvalue weighted by atomic mass is 19.1. The molecule has 0 radical (unpaired) electrons. The zero-order chi connectivity index (χ0) is 21.8. The number of carbonyl (C=O) groups is 2. The van der Waals surface area contributed by atoms with Gasteiger partial charge in [0, 0.05) is 26.2 Å². The van der Waals surface area contributed by atoms with E-state index in [2.05, 4.69) is 0 Å². The highest BCUT2D eigenvalue weighted by Gasteiger charge is 2.34. The molecule has 0 saturated carbocycles. The second-order valence-electron chi connectivity index (χ2n) is 7.36. The Morgan fingerprint density at radius 1 is 0.800 bits per heavy atom. The Hall–Kier alpha value is -2.88. The fourth-order valence-electron chi connectivity index (χ4n) is 3.91. The first-order valence-corrected chi connectivity index (χ1v) is 9.52. The molecule has 0 aliphatic carbocycles. The molecule has 1 aliphatic rings. The molecule has 1 fully saturated rings. The summed E-state index contributed by atoms with van der Waals surface area (Å²) in [6, 6.07) is 9.14. The van der Waals surface area contributed by atoms with Gasteiger partial charge in [0.1, 0.15) is 23.7 Å². The van der Waals surface area contributed by atoms with Crippen molar-refractivity contribution in [2.24, 2.45) is 11.5 Å². The summed E-state index contributed by atoms with van der Waals surface area (Å²) in [5.74, 6) is -2.14. The Morgan fingerprint density at radius 2 is 1.13 bits per heavy atom. The molecule has 0 spiro atoms. The Balaban J connectivity index is 1.84. The topological polar surface area (TPSA) is 113 Å². The molecule has 1 saturated heterocycles. The average Bonchev–Trinajstić information content (AvgIpc) is 2.86. The lowest BCUT2D eigenvalue weighted by atomic mass is 10.0. The lowest BCUT2D eigenvalue weighted by Crippen LogP contribution is -2.42. The molecule has 1 heterocycles. The van der Waals surface area contributed by atoms with E-state index in [9.17, 15) is 23.5 Å². The van der Waals surface area contributed by atoms with Crippen molar-refractivity contribution in [1.29, 1.82) is 0 Å². The van der Waals surface area contributed by atoms with Gasteiger partial charge in [0.15, 0.2) is 0 Å². The largest absolute Gasteiger partial charge is 0.390 e. The molecule has 2 unspecified atom stereocenters. The smallest absolute Gasteiger partial charge is 0.239 e. The lowest BCUT2D eigenvalue weighted by molar-refractivity contribution is -0.125. The molecule has 0 aromatic heterocycles. The highest BCUT2D eigenvalue weighted by molar-refractivity contribution is 5.82. The van der Waals surface area contributed by atoms with Crippen LogP contribution in [0.25, 0.3) is 0 Å². The maximum absolute atomic E-state index is 13.3. The van der Waals surface area contributed by atoms with Gasteiger partial charge in [-0.1, -0.05) is 24.3 Å². The van der Waals surface area contributed by atoms with Gasteiger partial charge in [-0.2, -0.15) is 0 Å². The second kappa shape index (κ2) is 9.29. The molecule has 1 aliphatic heterocycles. The van der Waals surface area contributed by atoms with Gasteiger partial charge in [0.2, 0.25) is 11.8 Å². The molecule has 9 heteroatoms. The first-order valence-electron chi connectivity index (χ1n) is 9.52. The molecule has 160 valence electrons. The highest BCUT2D eigenvalue weighted by Crippen LogP contribution is 2.26. The van der Waals surface area contributed by atoms with Gasteiger partial charge in [-0.25, -0.2) is 8.78 Å². The average molecular weight is 418 g/mol. The van der Waals surface area contributed by atoms with Gasteiger partial charge >= 0.3 is 0 Å². The Labute approximate surface area is 172 Å². The number of aliphatic hydroxyl groups is 1. The molecule has 5 N–H and O–H groups in total. The Bertz CT molecular complexity index is 819. The normalized spacial score (nSPS) is 20.3. The molecular weight excluding hydrogens is 394 g/mol. The number of carbonyl (C=O) groups excluding carboxylic acids is 2. The van der Waals surface area contributed by atoms with E-state index in [1.807, 2.05) is 0 Å². The van der Waals surface area contributed by atoms with Crippen molar-refractivity contribution in [3.05, 3.63) is 71.3 Å². The zero-order valence-electron chi connectivity index (χ0n) is 16.2. The predicted octanol–water partition coefficient (Wildman–Crippen LogP) is 0.696. The summed E-state index contributed by atoms with van der Waals surface area (Å²) in [6.07, 6.45) is -0.905. The van der Waals surface area contributed by atoms with Gasteiger partial charge in [0.25, 0.3) is 0 Å². The summed E-state index contributed by atoms with van der Waals surface area (Å²) < 4.78 is 26.6. The Morgan fingerprint density at radius 3 is 1.43 bits per heavy atom. The van der Waals surface area contributed by atoms with Crippen LogP contribution in [0.4, 0.5) is 8.78 Å². The van der Waals surface area contributed by atoms with Crippen LogP contribution in [0.2, 0.25) is 0 Å². The van der Waals surface area contributed by atoms with Crippen molar-refractivity contribution < 1.29 is 23.5 Å².